The summed E-state index contributed by atoms with van der Waals surface area (Å²) in [5, 5.41) is 12.2. The summed E-state index contributed by atoms with van der Waals surface area (Å²) in [5.41, 5.74) is 3.68. The highest BCUT2D eigenvalue weighted by Gasteiger charge is 2.27. The molecule has 202 valence electrons. The van der Waals surface area contributed by atoms with Gasteiger partial charge in [-0.15, -0.1) is 10.2 Å². The largest absolute Gasteiger partial charge is 0.356 e. The Kier molecular flexibility index (Phi) is 9.01. The van der Waals surface area contributed by atoms with Gasteiger partial charge in [-0.05, 0) is 68.5 Å². The van der Waals surface area contributed by atoms with Crippen LogP contribution in [0.5, 0.6) is 0 Å². The van der Waals surface area contributed by atoms with Gasteiger partial charge in [0.15, 0.2) is 10.9 Å². The second kappa shape index (κ2) is 12.2. The second-order valence-corrected chi connectivity index (χ2v) is 12.3. The van der Waals surface area contributed by atoms with E-state index in [1.165, 1.54) is 40.7 Å². The topological polar surface area (TPSA) is 114 Å². The number of carbonyl (C=O) groups is 2. The lowest BCUT2D eigenvalue weighted by atomic mass is 10.1. The first-order chi connectivity index (χ1) is 18.2. The predicted octanol–water partition coefficient (Wildman–Crippen LogP) is 3.71. The molecule has 3 aromatic rings. The summed E-state index contributed by atoms with van der Waals surface area (Å²) < 4.78 is 29.0. The molecule has 0 aliphatic carbocycles. The quantitative estimate of drug-likeness (QED) is 0.218. The number of amides is 1. The molecule has 2 aromatic carbocycles. The number of nitrogens with zero attached hydrogens (tertiary/aromatic N) is 4. The molecule has 0 bridgehead atoms. The zero-order valence-corrected chi connectivity index (χ0v) is 23.6. The fourth-order valence-corrected chi connectivity index (χ4v) is 6.68. The molecule has 1 amide bonds. The van der Waals surface area contributed by atoms with Gasteiger partial charge in [0, 0.05) is 44.2 Å². The number of hydrogen-bond donors (Lipinski definition) is 1. The molecule has 4 rings (SSSR count). The summed E-state index contributed by atoms with van der Waals surface area (Å²) in [4.78, 5) is 24.4. The molecule has 9 nitrogen and oxygen atoms in total. The summed E-state index contributed by atoms with van der Waals surface area (Å²) in [6.45, 7) is 7.20. The fourth-order valence-electron chi connectivity index (χ4n) is 4.29. The third-order valence-corrected chi connectivity index (χ3v) is 9.45. The van der Waals surface area contributed by atoms with Crippen molar-refractivity contribution >= 4 is 33.5 Å². The Morgan fingerprint density at radius 3 is 2.37 bits per heavy atom. The van der Waals surface area contributed by atoms with Crippen LogP contribution in [0, 0.1) is 13.8 Å². The molecule has 1 N–H and O–H groups in total. The van der Waals surface area contributed by atoms with E-state index in [4.69, 9.17) is 0 Å². The molecular formula is C27H33N5O4S2. The van der Waals surface area contributed by atoms with Crippen molar-refractivity contribution in [2.75, 3.05) is 25.4 Å². The SMILES string of the molecule is CC(=O)NCCCc1nnc(SCC(=O)c2ccc(S(=O)(=O)N3CCCC3)cc2)n1-c1ccc(C)c(C)c1. The van der Waals surface area contributed by atoms with Crippen LogP contribution in [-0.2, 0) is 21.2 Å². The molecule has 1 aliphatic heterocycles. The Bertz CT molecular complexity index is 1410. The summed E-state index contributed by atoms with van der Waals surface area (Å²) in [5.74, 6) is 0.691. The van der Waals surface area contributed by atoms with Gasteiger partial charge >= 0.3 is 0 Å². The van der Waals surface area contributed by atoms with E-state index in [0.29, 0.717) is 43.2 Å². The van der Waals surface area contributed by atoms with Gasteiger partial charge in [-0.2, -0.15) is 4.31 Å². The Morgan fingerprint density at radius 1 is 1.00 bits per heavy atom. The Labute approximate surface area is 228 Å². The van der Waals surface area contributed by atoms with Crippen molar-refractivity contribution in [3.63, 3.8) is 0 Å². The number of aryl methyl sites for hydroxylation is 3. The molecule has 38 heavy (non-hydrogen) atoms. The van der Waals surface area contributed by atoms with Crippen LogP contribution in [0.25, 0.3) is 5.69 Å². The predicted molar refractivity (Wildman–Crippen MR) is 147 cm³/mol. The van der Waals surface area contributed by atoms with E-state index in [-0.39, 0.29) is 22.3 Å². The highest BCUT2D eigenvalue weighted by Crippen LogP contribution is 2.26. The Hall–Kier alpha value is -3.02. The number of aromatic nitrogens is 3. The van der Waals surface area contributed by atoms with E-state index >= 15 is 0 Å². The van der Waals surface area contributed by atoms with Gasteiger partial charge in [0.2, 0.25) is 15.9 Å². The molecule has 0 radical (unpaired) electrons. The number of benzene rings is 2. The van der Waals surface area contributed by atoms with E-state index in [2.05, 4.69) is 28.5 Å². The van der Waals surface area contributed by atoms with Gasteiger partial charge in [0.05, 0.1) is 10.6 Å². The maximum atomic E-state index is 13.0. The fraction of sp³-hybridized carbons (Fsp3) is 0.407. The molecule has 1 saturated heterocycles. The van der Waals surface area contributed by atoms with E-state index < -0.39 is 10.0 Å². The van der Waals surface area contributed by atoms with Gasteiger partial charge in [-0.3, -0.25) is 14.2 Å². The third-order valence-electron chi connectivity index (χ3n) is 6.61. The van der Waals surface area contributed by atoms with E-state index in [1.54, 1.807) is 12.1 Å². The first-order valence-corrected chi connectivity index (χ1v) is 15.1. The summed E-state index contributed by atoms with van der Waals surface area (Å²) in [6, 6.07) is 12.3. The number of rotatable bonds is 11. The van der Waals surface area contributed by atoms with Gasteiger partial charge in [0.1, 0.15) is 5.82 Å². The molecule has 0 unspecified atom stereocenters. The van der Waals surface area contributed by atoms with Gasteiger partial charge < -0.3 is 5.32 Å². The summed E-state index contributed by atoms with van der Waals surface area (Å²) in [6.07, 6.45) is 3.06. The first kappa shape index (κ1) is 28.0. The standard InChI is InChI=1S/C27H33N5O4S2/c1-19-8-11-23(17-20(19)2)32-26(7-6-14-28-21(3)33)29-30-27(32)37-18-25(34)22-9-12-24(13-10-22)38(35,36)31-15-4-5-16-31/h8-13,17H,4-7,14-16,18H2,1-3H3,(H,28,33). The lowest BCUT2D eigenvalue weighted by Crippen LogP contribution is -2.27. The number of sulfonamides is 1. The first-order valence-electron chi connectivity index (χ1n) is 12.7. The monoisotopic (exact) mass is 555 g/mol. The van der Waals surface area contributed by atoms with Crippen LogP contribution in [0.3, 0.4) is 0 Å². The van der Waals surface area contributed by atoms with Crippen molar-refractivity contribution in [3.8, 4) is 5.69 Å². The average molecular weight is 556 g/mol. The van der Waals surface area contributed by atoms with E-state index in [9.17, 15) is 18.0 Å². The van der Waals surface area contributed by atoms with Crippen molar-refractivity contribution < 1.29 is 18.0 Å². The minimum absolute atomic E-state index is 0.0722. The number of hydrogen-bond acceptors (Lipinski definition) is 7. The number of thioether (sulfide) groups is 1. The summed E-state index contributed by atoms with van der Waals surface area (Å²) in [7, 11) is -3.52. The number of ketones is 1. The number of nitrogens with one attached hydrogen (secondary N) is 1. The number of Topliss-reactive ketones (excluding diaryl/α,β-unsaturated/α-hetero) is 1. The normalized spacial score (nSPS) is 14.1. The van der Waals surface area contributed by atoms with Crippen LogP contribution in [-0.4, -0.2) is 64.6 Å². The third kappa shape index (κ3) is 6.51. The van der Waals surface area contributed by atoms with Crippen molar-refractivity contribution in [1.82, 2.24) is 24.4 Å². The minimum Gasteiger partial charge on any atom is -0.356 e. The van der Waals surface area contributed by atoms with Crippen LogP contribution in [0.4, 0.5) is 0 Å². The van der Waals surface area contributed by atoms with Gasteiger partial charge in [-0.1, -0.05) is 30.0 Å². The smallest absolute Gasteiger partial charge is 0.243 e. The molecular weight excluding hydrogens is 522 g/mol. The zero-order chi connectivity index (χ0) is 27.3. The molecule has 0 atom stereocenters. The van der Waals surface area contributed by atoms with Crippen molar-refractivity contribution in [2.24, 2.45) is 0 Å². The second-order valence-electron chi connectivity index (χ2n) is 9.44. The zero-order valence-electron chi connectivity index (χ0n) is 21.9. The Morgan fingerprint density at radius 2 is 1.71 bits per heavy atom. The van der Waals surface area contributed by atoms with Crippen LogP contribution in [0.15, 0.2) is 52.5 Å². The van der Waals surface area contributed by atoms with Crippen molar-refractivity contribution in [3.05, 3.63) is 65.0 Å². The van der Waals surface area contributed by atoms with E-state index in [1.807, 2.05) is 23.6 Å². The molecule has 0 saturated carbocycles. The maximum absolute atomic E-state index is 13.0. The van der Waals surface area contributed by atoms with Crippen molar-refractivity contribution in [2.45, 2.75) is 56.5 Å². The van der Waals surface area contributed by atoms with Crippen LogP contribution in [0.2, 0.25) is 0 Å². The molecule has 1 aliphatic rings. The maximum Gasteiger partial charge on any atom is 0.243 e. The highest BCUT2D eigenvalue weighted by atomic mass is 32.2. The van der Waals surface area contributed by atoms with Crippen molar-refractivity contribution in [1.29, 1.82) is 0 Å². The molecule has 1 fully saturated rings. The number of carbonyl (C=O) groups excluding carboxylic acids is 2. The average Bonchev–Trinajstić information content (AvgIpc) is 3.58. The molecule has 0 spiro atoms. The summed E-state index contributed by atoms with van der Waals surface area (Å²) >= 11 is 1.29. The van der Waals surface area contributed by atoms with E-state index in [0.717, 1.165) is 29.9 Å². The lowest BCUT2D eigenvalue weighted by Gasteiger charge is -2.15. The minimum atomic E-state index is -3.52. The van der Waals surface area contributed by atoms with Crippen LogP contribution >= 0.6 is 11.8 Å². The van der Waals surface area contributed by atoms with Crippen LogP contribution in [0.1, 0.15) is 53.5 Å². The van der Waals surface area contributed by atoms with Crippen LogP contribution < -0.4 is 5.32 Å². The van der Waals surface area contributed by atoms with Gasteiger partial charge in [-0.25, -0.2) is 8.42 Å². The Balaban J connectivity index is 1.49. The highest BCUT2D eigenvalue weighted by molar-refractivity contribution is 7.99. The lowest BCUT2D eigenvalue weighted by molar-refractivity contribution is -0.118. The van der Waals surface area contributed by atoms with Gasteiger partial charge in [0.25, 0.3) is 0 Å². The molecule has 1 aromatic heterocycles. The molecule has 2 heterocycles. The molecule has 11 heteroatoms.